The van der Waals surface area contributed by atoms with E-state index in [1.807, 2.05) is 0 Å². The predicted octanol–water partition coefficient (Wildman–Crippen LogP) is 2.84. The number of nitrogens with one attached hydrogen (secondary N) is 1. The van der Waals surface area contributed by atoms with Crippen molar-refractivity contribution in [3.8, 4) is 0 Å². The molecule has 0 fully saturated rings. The van der Waals surface area contributed by atoms with Crippen LogP contribution in [0.4, 0.5) is 0 Å². The monoisotopic (exact) mass is 295 g/mol. The average molecular weight is 295 g/mol. The van der Waals surface area contributed by atoms with Gasteiger partial charge in [0.1, 0.15) is 0 Å². The molecule has 0 spiro atoms. The number of methoxy groups -OCH3 is 1. The SMILES string of the molecule is COCCNCC(C)(Cc1cn2ccsc2n1)C(C)C. The van der Waals surface area contributed by atoms with Crippen LogP contribution in [0.5, 0.6) is 0 Å². The Labute approximate surface area is 125 Å². The van der Waals surface area contributed by atoms with Crippen LogP contribution in [0.25, 0.3) is 4.96 Å². The van der Waals surface area contributed by atoms with E-state index in [4.69, 9.17) is 9.72 Å². The quantitative estimate of drug-likeness (QED) is 0.761. The number of aromatic nitrogens is 2. The molecule has 0 bridgehead atoms. The van der Waals surface area contributed by atoms with Crippen LogP contribution in [0.15, 0.2) is 17.8 Å². The zero-order valence-electron chi connectivity index (χ0n) is 12.8. The first-order chi connectivity index (χ1) is 9.55. The molecule has 0 aliphatic rings. The van der Waals surface area contributed by atoms with Crippen molar-refractivity contribution in [2.24, 2.45) is 11.3 Å². The fraction of sp³-hybridized carbons (Fsp3) is 0.667. The van der Waals surface area contributed by atoms with Gasteiger partial charge in [-0.15, -0.1) is 11.3 Å². The molecule has 0 saturated heterocycles. The number of rotatable bonds is 8. The number of ether oxygens (including phenoxy) is 1. The minimum absolute atomic E-state index is 0.206. The summed E-state index contributed by atoms with van der Waals surface area (Å²) in [6, 6.07) is 0. The number of thiazole rings is 1. The van der Waals surface area contributed by atoms with Crippen molar-refractivity contribution in [3.63, 3.8) is 0 Å². The summed E-state index contributed by atoms with van der Waals surface area (Å²) in [6.07, 6.45) is 5.22. The van der Waals surface area contributed by atoms with Crippen LogP contribution in [-0.2, 0) is 11.2 Å². The molecule has 112 valence electrons. The molecule has 0 aliphatic heterocycles. The summed E-state index contributed by atoms with van der Waals surface area (Å²) in [4.78, 5) is 5.80. The molecule has 0 saturated carbocycles. The van der Waals surface area contributed by atoms with Crippen molar-refractivity contribution in [3.05, 3.63) is 23.5 Å². The highest BCUT2D eigenvalue weighted by Crippen LogP contribution is 2.30. The maximum atomic E-state index is 5.09. The van der Waals surface area contributed by atoms with Crippen LogP contribution in [0.1, 0.15) is 26.5 Å². The lowest BCUT2D eigenvalue weighted by Gasteiger charge is -2.33. The molecule has 0 radical (unpaired) electrons. The van der Waals surface area contributed by atoms with Gasteiger partial charge in [0.2, 0.25) is 0 Å². The second kappa shape index (κ2) is 6.70. The summed E-state index contributed by atoms with van der Waals surface area (Å²) in [5.74, 6) is 0.595. The summed E-state index contributed by atoms with van der Waals surface area (Å²) in [6.45, 7) is 9.56. The first kappa shape index (κ1) is 15.5. The number of nitrogens with zero attached hydrogens (tertiary/aromatic N) is 2. The number of hydrogen-bond acceptors (Lipinski definition) is 4. The molecule has 20 heavy (non-hydrogen) atoms. The summed E-state index contributed by atoms with van der Waals surface area (Å²) in [5, 5.41) is 5.57. The van der Waals surface area contributed by atoms with Gasteiger partial charge in [0, 0.05) is 38.0 Å². The lowest BCUT2D eigenvalue weighted by Crippen LogP contribution is -2.39. The minimum atomic E-state index is 0.206. The molecule has 5 heteroatoms. The summed E-state index contributed by atoms with van der Waals surface area (Å²) in [7, 11) is 1.74. The second-order valence-electron chi connectivity index (χ2n) is 5.98. The fourth-order valence-corrected chi connectivity index (χ4v) is 3.01. The van der Waals surface area contributed by atoms with Crippen LogP contribution < -0.4 is 5.32 Å². The maximum absolute atomic E-state index is 5.09. The van der Waals surface area contributed by atoms with Gasteiger partial charge in [-0.3, -0.25) is 4.40 Å². The zero-order chi connectivity index (χ0) is 14.6. The van der Waals surface area contributed by atoms with E-state index in [1.165, 1.54) is 5.69 Å². The molecule has 1 N–H and O–H groups in total. The maximum Gasteiger partial charge on any atom is 0.193 e. The summed E-state index contributed by atoms with van der Waals surface area (Å²) < 4.78 is 7.20. The van der Waals surface area contributed by atoms with Gasteiger partial charge in [-0.05, 0) is 17.8 Å². The number of fused-ring (bicyclic) bond motifs is 1. The Bertz CT molecular complexity index is 505. The average Bonchev–Trinajstić information content (AvgIpc) is 2.95. The largest absolute Gasteiger partial charge is 0.383 e. The van der Waals surface area contributed by atoms with Crippen molar-refractivity contribution >= 4 is 16.3 Å². The first-order valence-electron chi connectivity index (χ1n) is 7.16. The smallest absolute Gasteiger partial charge is 0.193 e. The van der Waals surface area contributed by atoms with Crippen molar-refractivity contribution in [2.45, 2.75) is 27.2 Å². The van der Waals surface area contributed by atoms with E-state index in [-0.39, 0.29) is 5.41 Å². The van der Waals surface area contributed by atoms with Gasteiger partial charge in [0.15, 0.2) is 4.96 Å². The van der Waals surface area contributed by atoms with E-state index in [1.54, 1.807) is 18.4 Å². The van der Waals surface area contributed by atoms with Gasteiger partial charge in [0.25, 0.3) is 0 Å². The summed E-state index contributed by atoms with van der Waals surface area (Å²) >= 11 is 1.69. The lowest BCUT2D eigenvalue weighted by atomic mass is 9.75. The van der Waals surface area contributed by atoms with Gasteiger partial charge < -0.3 is 10.1 Å². The molecule has 0 aliphatic carbocycles. The highest BCUT2D eigenvalue weighted by Gasteiger charge is 2.29. The first-order valence-corrected chi connectivity index (χ1v) is 8.04. The number of imidazole rings is 1. The molecular weight excluding hydrogens is 270 g/mol. The van der Waals surface area contributed by atoms with Crippen molar-refractivity contribution in [2.75, 3.05) is 26.8 Å². The van der Waals surface area contributed by atoms with Gasteiger partial charge >= 0.3 is 0 Å². The molecule has 2 aromatic heterocycles. The van der Waals surface area contributed by atoms with E-state index >= 15 is 0 Å². The predicted molar refractivity (Wildman–Crippen MR) is 84.5 cm³/mol. The standard InChI is InChI=1S/C15H25N3OS/c1-12(2)15(3,11-16-5-7-19-4)9-13-10-18-6-8-20-14(18)17-13/h6,8,10,12,16H,5,7,9,11H2,1-4H3. The zero-order valence-corrected chi connectivity index (χ0v) is 13.7. The molecule has 4 nitrogen and oxygen atoms in total. The highest BCUT2D eigenvalue weighted by atomic mass is 32.1. The molecular formula is C15H25N3OS. The Morgan fingerprint density at radius 3 is 2.95 bits per heavy atom. The topological polar surface area (TPSA) is 38.6 Å². The normalized spacial score (nSPS) is 15.1. The third-order valence-corrected chi connectivity index (χ3v) is 4.90. The molecule has 0 aromatic carbocycles. The molecule has 0 amide bonds. The molecule has 2 aromatic rings. The Kier molecular flexibility index (Phi) is 5.18. The van der Waals surface area contributed by atoms with E-state index in [9.17, 15) is 0 Å². The van der Waals surface area contributed by atoms with Crippen molar-refractivity contribution in [1.82, 2.24) is 14.7 Å². The Balaban J connectivity index is 2.02. The van der Waals surface area contributed by atoms with E-state index in [0.29, 0.717) is 5.92 Å². The van der Waals surface area contributed by atoms with E-state index in [0.717, 1.165) is 31.1 Å². The second-order valence-corrected chi connectivity index (χ2v) is 6.85. The fourth-order valence-electron chi connectivity index (χ4n) is 2.29. The minimum Gasteiger partial charge on any atom is -0.383 e. The van der Waals surface area contributed by atoms with Gasteiger partial charge in [-0.2, -0.15) is 0 Å². The van der Waals surface area contributed by atoms with Gasteiger partial charge in [-0.1, -0.05) is 20.8 Å². The van der Waals surface area contributed by atoms with Crippen LogP contribution in [0.2, 0.25) is 0 Å². The molecule has 1 unspecified atom stereocenters. The molecule has 2 rings (SSSR count). The Morgan fingerprint density at radius 1 is 1.50 bits per heavy atom. The van der Waals surface area contributed by atoms with Crippen LogP contribution in [-0.4, -0.2) is 36.2 Å². The van der Waals surface area contributed by atoms with Crippen molar-refractivity contribution in [1.29, 1.82) is 0 Å². The third-order valence-electron chi connectivity index (χ3n) is 4.13. The van der Waals surface area contributed by atoms with Crippen molar-refractivity contribution < 1.29 is 4.74 Å². The van der Waals surface area contributed by atoms with Gasteiger partial charge in [0.05, 0.1) is 12.3 Å². The van der Waals surface area contributed by atoms with Crippen LogP contribution in [0.3, 0.4) is 0 Å². The van der Waals surface area contributed by atoms with Gasteiger partial charge in [-0.25, -0.2) is 4.98 Å². The molecule has 1 atom stereocenters. The van der Waals surface area contributed by atoms with Crippen LogP contribution in [0, 0.1) is 11.3 Å². The molecule has 2 heterocycles. The van der Waals surface area contributed by atoms with E-state index < -0.39 is 0 Å². The third kappa shape index (κ3) is 3.59. The Hall–Kier alpha value is -0.910. The van der Waals surface area contributed by atoms with E-state index in [2.05, 4.69) is 48.3 Å². The lowest BCUT2D eigenvalue weighted by molar-refractivity contribution is 0.174. The highest BCUT2D eigenvalue weighted by molar-refractivity contribution is 7.15. The summed E-state index contributed by atoms with van der Waals surface area (Å²) in [5.41, 5.74) is 1.39. The van der Waals surface area contributed by atoms with Crippen LogP contribution >= 0.6 is 11.3 Å². The Morgan fingerprint density at radius 2 is 2.30 bits per heavy atom. The number of hydrogen-bond donors (Lipinski definition) is 1.